The summed E-state index contributed by atoms with van der Waals surface area (Å²) in [4.78, 5) is 11.6. The summed E-state index contributed by atoms with van der Waals surface area (Å²) in [6.07, 6.45) is 3.48. The lowest BCUT2D eigenvalue weighted by Crippen LogP contribution is -2.24. The maximum Gasteiger partial charge on any atom is 0.327 e. The van der Waals surface area contributed by atoms with Crippen molar-refractivity contribution in [3.05, 3.63) is 52.7 Å². The summed E-state index contributed by atoms with van der Waals surface area (Å²) < 4.78 is 8.74. The molecule has 0 bridgehead atoms. The first kappa shape index (κ1) is 14.0. The summed E-state index contributed by atoms with van der Waals surface area (Å²) in [5, 5.41) is 0. The lowest BCUT2D eigenvalue weighted by molar-refractivity contribution is 0.296. The number of benzene rings is 1. The Labute approximate surface area is 117 Å². The van der Waals surface area contributed by atoms with E-state index in [0.29, 0.717) is 19.7 Å². The molecule has 1 aromatic carbocycles. The number of nitrogens with zero attached hydrogens (tertiary/aromatic N) is 2. The van der Waals surface area contributed by atoms with Gasteiger partial charge in [0, 0.05) is 25.0 Å². The van der Waals surface area contributed by atoms with Gasteiger partial charge in [0.25, 0.3) is 0 Å². The zero-order valence-corrected chi connectivity index (χ0v) is 11.4. The summed E-state index contributed by atoms with van der Waals surface area (Å²) in [6, 6.07) is 7.47. The molecule has 1 aromatic heterocycles. The third-order valence-electron chi connectivity index (χ3n) is 2.81. The highest BCUT2D eigenvalue weighted by molar-refractivity contribution is 5.38. The van der Waals surface area contributed by atoms with E-state index >= 15 is 0 Å². The molecule has 0 aliphatic carbocycles. The summed E-state index contributed by atoms with van der Waals surface area (Å²) in [5.74, 6) is 6.50. The van der Waals surface area contributed by atoms with Gasteiger partial charge in [0.05, 0.1) is 13.1 Å². The zero-order valence-electron chi connectivity index (χ0n) is 11.4. The number of nitrogens with two attached hydrogens (primary N) is 1. The normalized spacial score (nSPS) is 9.90. The lowest BCUT2D eigenvalue weighted by Gasteiger charge is -2.06. The Bertz CT molecular complexity index is 672. The molecule has 0 spiro atoms. The van der Waals surface area contributed by atoms with Gasteiger partial charge in [-0.1, -0.05) is 11.8 Å². The molecule has 0 radical (unpaired) electrons. The molecule has 0 saturated carbocycles. The topological polar surface area (TPSA) is 62.2 Å². The number of rotatable bonds is 4. The first-order chi connectivity index (χ1) is 9.70. The smallest absolute Gasteiger partial charge is 0.327 e. The van der Waals surface area contributed by atoms with Gasteiger partial charge >= 0.3 is 5.69 Å². The number of aryl methyl sites for hydroxylation is 1. The first-order valence-electron chi connectivity index (χ1n) is 6.34. The molecule has 2 aromatic rings. The molecule has 5 nitrogen and oxygen atoms in total. The van der Waals surface area contributed by atoms with Crippen LogP contribution in [0.1, 0.15) is 5.56 Å². The molecule has 2 N–H and O–H groups in total. The quantitative estimate of drug-likeness (QED) is 0.827. The summed E-state index contributed by atoms with van der Waals surface area (Å²) in [6.45, 7) is 1.32. The van der Waals surface area contributed by atoms with Crippen molar-refractivity contribution >= 4 is 0 Å². The van der Waals surface area contributed by atoms with E-state index in [2.05, 4.69) is 11.8 Å². The van der Waals surface area contributed by atoms with Crippen LogP contribution in [0.5, 0.6) is 5.75 Å². The van der Waals surface area contributed by atoms with Gasteiger partial charge in [0.1, 0.15) is 12.4 Å². The molecular weight excluding hydrogens is 254 g/mol. The van der Waals surface area contributed by atoms with E-state index in [1.165, 1.54) is 4.57 Å². The Hall–Kier alpha value is -2.45. The van der Waals surface area contributed by atoms with Crippen LogP contribution in [-0.4, -0.2) is 22.3 Å². The summed E-state index contributed by atoms with van der Waals surface area (Å²) in [7, 11) is 1.72. The molecule has 0 aliphatic rings. The van der Waals surface area contributed by atoms with Crippen LogP contribution in [0, 0.1) is 11.8 Å². The first-order valence-corrected chi connectivity index (χ1v) is 6.34. The number of hydrogen-bond donors (Lipinski definition) is 1. The van der Waals surface area contributed by atoms with Crippen molar-refractivity contribution in [2.45, 2.75) is 6.54 Å². The van der Waals surface area contributed by atoms with Crippen LogP contribution in [0.25, 0.3) is 0 Å². The van der Waals surface area contributed by atoms with Crippen molar-refractivity contribution in [3.63, 3.8) is 0 Å². The Kier molecular flexibility index (Phi) is 4.64. The van der Waals surface area contributed by atoms with Crippen molar-refractivity contribution in [2.24, 2.45) is 12.8 Å². The van der Waals surface area contributed by atoms with Gasteiger partial charge in [0.2, 0.25) is 0 Å². The molecule has 5 heteroatoms. The van der Waals surface area contributed by atoms with Crippen LogP contribution in [-0.2, 0) is 13.6 Å². The Balaban J connectivity index is 1.88. The second-order valence-corrected chi connectivity index (χ2v) is 4.26. The molecule has 1 heterocycles. The zero-order chi connectivity index (χ0) is 14.4. The van der Waals surface area contributed by atoms with Gasteiger partial charge in [-0.3, -0.25) is 4.57 Å². The molecule has 0 atom stereocenters. The van der Waals surface area contributed by atoms with Crippen LogP contribution in [0.15, 0.2) is 41.5 Å². The number of imidazole rings is 1. The van der Waals surface area contributed by atoms with Crippen LogP contribution in [0.3, 0.4) is 0 Å². The third kappa shape index (κ3) is 3.53. The number of ether oxygens (including phenoxy) is 1. The van der Waals surface area contributed by atoms with Crippen molar-refractivity contribution in [1.82, 2.24) is 9.13 Å². The average Bonchev–Trinajstić information content (AvgIpc) is 2.78. The van der Waals surface area contributed by atoms with Gasteiger partial charge < -0.3 is 15.0 Å². The van der Waals surface area contributed by atoms with E-state index in [4.69, 9.17) is 10.5 Å². The van der Waals surface area contributed by atoms with E-state index in [9.17, 15) is 4.79 Å². The fourth-order valence-electron chi connectivity index (χ4n) is 1.73. The van der Waals surface area contributed by atoms with Crippen LogP contribution < -0.4 is 16.2 Å². The Morgan fingerprint density at radius 3 is 2.60 bits per heavy atom. The van der Waals surface area contributed by atoms with Crippen molar-refractivity contribution < 1.29 is 4.74 Å². The predicted octanol–water partition coefficient (Wildman–Crippen LogP) is 0.576. The monoisotopic (exact) mass is 271 g/mol. The molecule has 0 amide bonds. The average molecular weight is 271 g/mol. The van der Waals surface area contributed by atoms with Crippen LogP contribution >= 0.6 is 0 Å². The fraction of sp³-hybridized carbons (Fsp3) is 0.267. The van der Waals surface area contributed by atoms with E-state index in [1.807, 2.05) is 24.3 Å². The maximum absolute atomic E-state index is 11.6. The minimum absolute atomic E-state index is 0.0407. The molecule has 0 unspecified atom stereocenters. The maximum atomic E-state index is 11.6. The standard InChI is InChI=1S/C15H17N3O2/c1-17-9-10-18(15(17)19)11-12-20-14-6-4-13(5-7-14)3-2-8-16/h4-7,9-10H,8,11-12,16H2,1H3. The summed E-state index contributed by atoms with van der Waals surface area (Å²) >= 11 is 0. The highest BCUT2D eigenvalue weighted by atomic mass is 16.5. The van der Waals surface area contributed by atoms with Gasteiger partial charge in [0.15, 0.2) is 0 Å². The minimum Gasteiger partial charge on any atom is -0.492 e. The van der Waals surface area contributed by atoms with Gasteiger partial charge in [-0.2, -0.15) is 0 Å². The molecule has 0 fully saturated rings. The van der Waals surface area contributed by atoms with Gasteiger partial charge in [-0.15, -0.1) is 0 Å². The van der Waals surface area contributed by atoms with Crippen LogP contribution in [0.2, 0.25) is 0 Å². The van der Waals surface area contributed by atoms with Crippen molar-refractivity contribution in [2.75, 3.05) is 13.2 Å². The second-order valence-electron chi connectivity index (χ2n) is 4.26. The van der Waals surface area contributed by atoms with Crippen LogP contribution in [0.4, 0.5) is 0 Å². The Morgan fingerprint density at radius 2 is 2.00 bits per heavy atom. The Morgan fingerprint density at radius 1 is 1.25 bits per heavy atom. The van der Waals surface area contributed by atoms with Gasteiger partial charge in [-0.05, 0) is 24.3 Å². The third-order valence-corrected chi connectivity index (χ3v) is 2.81. The molecular formula is C15H17N3O2. The van der Waals surface area contributed by atoms with Gasteiger partial charge in [-0.25, -0.2) is 4.79 Å². The van der Waals surface area contributed by atoms with E-state index in [0.717, 1.165) is 11.3 Å². The lowest BCUT2D eigenvalue weighted by atomic mass is 10.2. The highest BCUT2D eigenvalue weighted by Crippen LogP contribution is 2.11. The molecule has 104 valence electrons. The summed E-state index contributed by atoms with van der Waals surface area (Å²) in [5.41, 5.74) is 6.18. The molecule has 20 heavy (non-hydrogen) atoms. The molecule has 0 saturated heterocycles. The SMILES string of the molecule is Cn1ccn(CCOc2ccc(C#CCN)cc2)c1=O. The fourth-order valence-corrected chi connectivity index (χ4v) is 1.73. The largest absolute Gasteiger partial charge is 0.492 e. The second kappa shape index (κ2) is 6.64. The molecule has 0 aliphatic heterocycles. The highest BCUT2D eigenvalue weighted by Gasteiger charge is 2.00. The molecule has 2 rings (SSSR count). The predicted molar refractivity (Wildman–Crippen MR) is 77.5 cm³/mol. The number of aromatic nitrogens is 2. The van der Waals surface area contributed by atoms with E-state index < -0.39 is 0 Å². The van der Waals surface area contributed by atoms with E-state index in [-0.39, 0.29) is 5.69 Å². The minimum atomic E-state index is -0.0407. The number of hydrogen-bond acceptors (Lipinski definition) is 3. The van der Waals surface area contributed by atoms with E-state index in [1.54, 1.807) is 24.0 Å². The van der Waals surface area contributed by atoms with Crippen molar-refractivity contribution in [1.29, 1.82) is 0 Å². The van der Waals surface area contributed by atoms with Crippen molar-refractivity contribution in [3.8, 4) is 17.6 Å².